The van der Waals surface area contributed by atoms with Crippen LogP contribution in [0, 0.1) is 13.8 Å². The fraction of sp³-hybridized carbons (Fsp3) is 0.643. The van der Waals surface area contributed by atoms with Crippen LogP contribution in [-0.2, 0) is 19.1 Å². The highest BCUT2D eigenvalue weighted by molar-refractivity contribution is 5.95. The van der Waals surface area contributed by atoms with Gasteiger partial charge >= 0.3 is 6.09 Å². The zero-order valence-electron chi connectivity index (χ0n) is 24.0. The van der Waals surface area contributed by atoms with Crippen molar-refractivity contribution in [1.29, 1.82) is 0 Å². The second kappa shape index (κ2) is 13.4. The Labute approximate surface area is 221 Å². The van der Waals surface area contributed by atoms with E-state index in [1.807, 2.05) is 32.0 Å². The van der Waals surface area contributed by atoms with Crippen LogP contribution in [-0.4, -0.2) is 52.4 Å². The minimum Gasteiger partial charge on any atom is -0.444 e. The largest absolute Gasteiger partial charge is 0.444 e. The highest BCUT2D eigenvalue weighted by Gasteiger charge is 2.42. The zero-order valence-corrected chi connectivity index (χ0v) is 24.0. The van der Waals surface area contributed by atoms with E-state index in [-0.39, 0.29) is 5.91 Å². The maximum atomic E-state index is 14.1. The molecule has 9 nitrogen and oxygen atoms in total. The van der Waals surface area contributed by atoms with Gasteiger partial charge in [0.1, 0.15) is 17.7 Å². The molecule has 0 bridgehead atoms. The molecule has 208 valence electrons. The van der Waals surface area contributed by atoms with Crippen LogP contribution in [0.4, 0.5) is 4.79 Å². The number of carbonyl (C=O) groups excluding carboxylic acids is 4. The van der Waals surface area contributed by atoms with E-state index in [9.17, 15) is 19.2 Å². The summed E-state index contributed by atoms with van der Waals surface area (Å²) in [5.41, 5.74) is 6.31. The first-order chi connectivity index (χ1) is 17.0. The van der Waals surface area contributed by atoms with Crippen LogP contribution in [0.25, 0.3) is 0 Å². The molecular formula is C28H46N4O5. The molecule has 0 saturated carbocycles. The van der Waals surface area contributed by atoms with Gasteiger partial charge in [0.15, 0.2) is 0 Å². The Morgan fingerprint density at radius 3 is 2.14 bits per heavy atom. The summed E-state index contributed by atoms with van der Waals surface area (Å²) in [6, 6.07) is 3.39. The molecule has 1 aromatic carbocycles. The van der Waals surface area contributed by atoms with Crippen LogP contribution < -0.4 is 16.4 Å². The van der Waals surface area contributed by atoms with E-state index >= 15 is 0 Å². The number of hydrogen-bond acceptors (Lipinski definition) is 5. The molecule has 2 unspecified atom stereocenters. The quantitative estimate of drug-likeness (QED) is 0.381. The summed E-state index contributed by atoms with van der Waals surface area (Å²) in [4.78, 5) is 53.6. The Balaban J connectivity index is 3.57. The van der Waals surface area contributed by atoms with Crippen molar-refractivity contribution in [1.82, 2.24) is 15.5 Å². The summed E-state index contributed by atoms with van der Waals surface area (Å²) in [5.74, 6) is -1.71. The lowest BCUT2D eigenvalue weighted by Gasteiger charge is -2.43. The number of hydrogen-bond donors (Lipinski definition) is 3. The number of nitrogens with two attached hydrogens (primary N) is 1. The molecule has 0 spiro atoms. The number of unbranched alkanes of at least 4 members (excludes halogenated alkanes) is 2. The lowest BCUT2D eigenvalue weighted by atomic mass is 9.92. The molecular weight excluding hydrogens is 472 g/mol. The molecule has 0 aliphatic carbocycles. The first-order valence-electron chi connectivity index (χ1n) is 12.9. The Bertz CT molecular complexity index is 962. The van der Waals surface area contributed by atoms with E-state index in [4.69, 9.17) is 10.5 Å². The lowest BCUT2D eigenvalue weighted by molar-refractivity contribution is -0.149. The molecule has 1 aromatic rings. The molecule has 37 heavy (non-hydrogen) atoms. The van der Waals surface area contributed by atoms with Crippen molar-refractivity contribution < 1.29 is 23.9 Å². The van der Waals surface area contributed by atoms with Crippen molar-refractivity contribution in [2.24, 2.45) is 5.73 Å². The van der Waals surface area contributed by atoms with E-state index < -0.39 is 47.6 Å². The Kier molecular flexibility index (Phi) is 11.6. The van der Waals surface area contributed by atoms with Crippen LogP contribution in [0.3, 0.4) is 0 Å². The Hall–Kier alpha value is -3.10. The summed E-state index contributed by atoms with van der Waals surface area (Å²) in [7, 11) is 0. The SMILES string of the molecule is CCCCCNC(=O)C(c1ccc(C)cc1C)N(C(=O)C(CC(N)=O)NC(=O)OC(C)(C)C)C(C)(C)C. The van der Waals surface area contributed by atoms with Crippen molar-refractivity contribution in [2.75, 3.05) is 6.54 Å². The smallest absolute Gasteiger partial charge is 0.408 e. The number of nitrogens with zero attached hydrogens (tertiary/aromatic N) is 1. The number of alkyl carbamates (subject to hydrolysis) is 1. The van der Waals surface area contributed by atoms with Gasteiger partial charge in [0.05, 0.1) is 6.42 Å². The number of carbonyl (C=O) groups is 4. The van der Waals surface area contributed by atoms with Gasteiger partial charge in [-0.05, 0) is 72.9 Å². The van der Waals surface area contributed by atoms with Crippen LogP contribution in [0.2, 0.25) is 0 Å². The molecule has 4 N–H and O–H groups in total. The van der Waals surface area contributed by atoms with Crippen LogP contribution >= 0.6 is 0 Å². The fourth-order valence-corrected chi connectivity index (χ4v) is 4.08. The number of ether oxygens (including phenoxy) is 1. The van der Waals surface area contributed by atoms with Crippen molar-refractivity contribution in [3.05, 3.63) is 34.9 Å². The van der Waals surface area contributed by atoms with E-state index in [0.717, 1.165) is 30.4 Å². The van der Waals surface area contributed by atoms with Gasteiger partial charge < -0.3 is 26.0 Å². The average Bonchev–Trinajstić information content (AvgIpc) is 2.72. The molecule has 0 aromatic heterocycles. The maximum Gasteiger partial charge on any atom is 0.408 e. The van der Waals surface area contributed by atoms with Crippen molar-refractivity contribution in [2.45, 2.75) is 111 Å². The lowest BCUT2D eigenvalue weighted by Crippen LogP contribution is -2.59. The summed E-state index contributed by atoms with van der Waals surface area (Å²) < 4.78 is 5.31. The van der Waals surface area contributed by atoms with Crippen molar-refractivity contribution in [3.8, 4) is 0 Å². The molecule has 2 atom stereocenters. The van der Waals surface area contributed by atoms with E-state index in [1.165, 1.54) is 4.90 Å². The molecule has 0 aliphatic rings. The average molecular weight is 519 g/mol. The number of amides is 4. The van der Waals surface area contributed by atoms with Gasteiger partial charge in [0.2, 0.25) is 17.7 Å². The third kappa shape index (κ3) is 10.4. The number of rotatable bonds is 11. The second-order valence-electron chi connectivity index (χ2n) is 11.5. The maximum absolute atomic E-state index is 14.1. The predicted octanol–water partition coefficient (Wildman–Crippen LogP) is 4.05. The molecule has 0 fully saturated rings. The summed E-state index contributed by atoms with van der Waals surface area (Å²) in [6.45, 7) is 16.9. The van der Waals surface area contributed by atoms with Crippen LogP contribution in [0.5, 0.6) is 0 Å². The van der Waals surface area contributed by atoms with Crippen LogP contribution in [0.15, 0.2) is 18.2 Å². The highest BCUT2D eigenvalue weighted by atomic mass is 16.6. The van der Waals surface area contributed by atoms with Gasteiger partial charge in [0.25, 0.3) is 0 Å². The molecule has 0 aliphatic heterocycles. The first kappa shape index (κ1) is 31.9. The minimum atomic E-state index is -1.31. The fourth-order valence-electron chi connectivity index (χ4n) is 4.08. The van der Waals surface area contributed by atoms with Gasteiger partial charge in [0, 0.05) is 12.1 Å². The third-order valence-electron chi connectivity index (χ3n) is 5.66. The normalized spacial score (nSPS) is 13.3. The Morgan fingerprint density at radius 1 is 1.03 bits per heavy atom. The standard InChI is InChI=1S/C28H46N4O5/c1-10-11-12-15-30-24(34)23(20-14-13-18(2)16-19(20)3)32(27(4,5)6)25(35)21(17-22(29)33)31-26(36)37-28(7,8)9/h13-14,16,21,23H,10-12,15,17H2,1-9H3,(H2,29,33)(H,30,34)(H,31,36). The minimum absolute atomic E-state index is 0.332. The van der Waals surface area contributed by atoms with Gasteiger partial charge in [-0.3, -0.25) is 14.4 Å². The molecule has 0 radical (unpaired) electrons. The van der Waals surface area contributed by atoms with Gasteiger partial charge in [-0.25, -0.2) is 4.79 Å². The number of benzene rings is 1. The van der Waals surface area contributed by atoms with Crippen molar-refractivity contribution >= 4 is 23.8 Å². The topological polar surface area (TPSA) is 131 Å². The summed E-state index contributed by atoms with van der Waals surface area (Å²) >= 11 is 0. The molecule has 0 heterocycles. The van der Waals surface area contributed by atoms with E-state index in [2.05, 4.69) is 17.6 Å². The number of aryl methyl sites for hydroxylation is 2. The summed E-state index contributed by atoms with van der Waals surface area (Å²) in [6.07, 6.45) is 1.50. The highest BCUT2D eigenvalue weighted by Crippen LogP contribution is 2.32. The first-order valence-corrected chi connectivity index (χ1v) is 12.9. The Morgan fingerprint density at radius 2 is 1.65 bits per heavy atom. The second-order valence-corrected chi connectivity index (χ2v) is 11.5. The molecule has 1 rings (SSSR count). The van der Waals surface area contributed by atoms with E-state index in [0.29, 0.717) is 12.1 Å². The van der Waals surface area contributed by atoms with E-state index in [1.54, 1.807) is 41.5 Å². The number of primary amides is 1. The molecule has 9 heteroatoms. The van der Waals surface area contributed by atoms with Crippen molar-refractivity contribution in [3.63, 3.8) is 0 Å². The molecule has 0 saturated heterocycles. The van der Waals surface area contributed by atoms with Gasteiger partial charge in [-0.15, -0.1) is 0 Å². The molecule has 4 amide bonds. The number of nitrogens with one attached hydrogen (secondary N) is 2. The van der Waals surface area contributed by atoms with Gasteiger partial charge in [-0.1, -0.05) is 43.5 Å². The zero-order chi connectivity index (χ0) is 28.6. The summed E-state index contributed by atoms with van der Waals surface area (Å²) in [5, 5.41) is 5.48. The van der Waals surface area contributed by atoms with Gasteiger partial charge in [-0.2, -0.15) is 0 Å². The third-order valence-corrected chi connectivity index (χ3v) is 5.66. The van der Waals surface area contributed by atoms with Crippen LogP contribution in [0.1, 0.15) is 96.9 Å². The monoisotopic (exact) mass is 518 g/mol. The predicted molar refractivity (Wildman–Crippen MR) is 145 cm³/mol.